The molecule has 0 N–H and O–H groups in total. The lowest BCUT2D eigenvalue weighted by atomic mass is 10.0. The largest absolute Gasteiger partial charge is 0.496 e. The molecular weight excluding hydrogens is 264 g/mol. The number of rotatable bonds is 5. The molecule has 0 amide bonds. The summed E-state index contributed by atoms with van der Waals surface area (Å²) in [4.78, 5) is 12.2. The highest BCUT2D eigenvalue weighted by Crippen LogP contribution is 2.24. The molecule has 0 aliphatic heterocycles. The van der Waals surface area contributed by atoms with E-state index in [1.165, 1.54) is 0 Å². The van der Waals surface area contributed by atoms with Gasteiger partial charge in [0.05, 0.1) is 18.9 Å². The number of halogens is 1. The van der Waals surface area contributed by atoms with E-state index in [2.05, 4.69) is 5.10 Å². The SMILES string of the molecule is COc1ccc(Cl)cc1C(=O)CCc1cnn(C)c1. The third-order valence-corrected chi connectivity index (χ3v) is 3.10. The van der Waals surface area contributed by atoms with Gasteiger partial charge in [-0.3, -0.25) is 9.48 Å². The van der Waals surface area contributed by atoms with Crippen molar-refractivity contribution in [3.05, 3.63) is 46.7 Å². The number of nitrogens with zero attached hydrogens (tertiary/aromatic N) is 2. The summed E-state index contributed by atoms with van der Waals surface area (Å²) >= 11 is 5.92. The molecule has 100 valence electrons. The molecule has 0 aliphatic rings. The average molecular weight is 279 g/mol. The van der Waals surface area contributed by atoms with Crippen molar-refractivity contribution in [3.63, 3.8) is 0 Å². The number of carbonyl (C=O) groups is 1. The second kappa shape index (κ2) is 5.89. The minimum atomic E-state index is 0.0169. The van der Waals surface area contributed by atoms with Crippen LogP contribution in [0.15, 0.2) is 30.6 Å². The van der Waals surface area contributed by atoms with Crippen LogP contribution >= 0.6 is 11.6 Å². The number of benzene rings is 1. The fourth-order valence-electron chi connectivity index (χ4n) is 1.89. The molecule has 19 heavy (non-hydrogen) atoms. The molecular formula is C14H15ClN2O2. The molecule has 1 aromatic carbocycles. The fourth-order valence-corrected chi connectivity index (χ4v) is 2.06. The van der Waals surface area contributed by atoms with E-state index in [0.29, 0.717) is 29.2 Å². The Morgan fingerprint density at radius 1 is 1.47 bits per heavy atom. The summed E-state index contributed by atoms with van der Waals surface area (Å²) in [5.41, 5.74) is 1.57. The Morgan fingerprint density at radius 3 is 2.89 bits per heavy atom. The molecule has 0 saturated carbocycles. The number of carbonyl (C=O) groups excluding carboxylic acids is 1. The summed E-state index contributed by atoms with van der Waals surface area (Å²) in [6.45, 7) is 0. The molecule has 5 heteroatoms. The van der Waals surface area contributed by atoms with Gasteiger partial charge in [-0.1, -0.05) is 11.6 Å². The van der Waals surface area contributed by atoms with E-state index < -0.39 is 0 Å². The van der Waals surface area contributed by atoms with Gasteiger partial charge >= 0.3 is 0 Å². The zero-order chi connectivity index (χ0) is 13.8. The maximum atomic E-state index is 12.2. The second-order valence-corrected chi connectivity index (χ2v) is 4.73. The Morgan fingerprint density at radius 2 is 2.26 bits per heavy atom. The van der Waals surface area contributed by atoms with Crippen molar-refractivity contribution >= 4 is 17.4 Å². The Bertz CT molecular complexity index is 593. The van der Waals surface area contributed by atoms with Crippen LogP contribution in [0.4, 0.5) is 0 Å². The topological polar surface area (TPSA) is 44.1 Å². The maximum absolute atomic E-state index is 12.2. The molecule has 0 aliphatic carbocycles. The molecule has 2 aromatic rings. The van der Waals surface area contributed by atoms with Crippen molar-refractivity contribution < 1.29 is 9.53 Å². The second-order valence-electron chi connectivity index (χ2n) is 4.29. The average Bonchev–Trinajstić information content (AvgIpc) is 2.81. The number of ether oxygens (including phenoxy) is 1. The van der Waals surface area contributed by atoms with Crippen LogP contribution in [0, 0.1) is 0 Å². The van der Waals surface area contributed by atoms with Crippen LogP contribution in [0.1, 0.15) is 22.3 Å². The molecule has 0 radical (unpaired) electrons. The number of Topliss-reactive ketones (excluding diaryl/α,β-unsaturated/α-hetero) is 1. The van der Waals surface area contributed by atoms with Crippen molar-refractivity contribution in [2.24, 2.45) is 7.05 Å². The van der Waals surface area contributed by atoms with Crippen molar-refractivity contribution in [1.82, 2.24) is 9.78 Å². The summed E-state index contributed by atoms with van der Waals surface area (Å²) < 4.78 is 6.90. The van der Waals surface area contributed by atoms with Gasteiger partial charge in [0.2, 0.25) is 0 Å². The Balaban J connectivity index is 2.09. The van der Waals surface area contributed by atoms with Gasteiger partial charge in [0.1, 0.15) is 5.75 Å². The van der Waals surface area contributed by atoms with Crippen molar-refractivity contribution in [2.75, 3.05) is 7.11 Å². The molecule has 0 unspecified atom stereocenters. The van der Waals surface area contributed by atoms with E-state index in [0.717, 1.165) is 5.56 Å². The van der Waals surface area contributed by atoms with Gasteiger partial charge in [0, 0.05) is 24.7 Å². The predicted molar refractivity (Wildman–Crippen MR) is 73.9 cm³/mol. The predicted octanol–water partition coefficient (Wildman–Crippen LogP) is 2.90. The van der Waals surface area contributed by atoms with Crippen LogP contribution < -0.4 is 4.74 Å². The Kier molecular flexibility index (Phi) is 4.22. The standard InChI is InChI=1S/C14H15ClN2O2/c1-17-9-10(8-16-17)3-5-13(18)12-7-11(15)4-6-14(12)19-2/h4,6-9H,3,5H2,1-2H3. The van der Waals surface area contributed by atoms with Crippen LogP contribution in [0.3, 0.4) is 0 Å². The monoisotopic (exact) mass is 278 g/mol. The third-order valence-electron chi connectivity index (χ3n) is 2.86. The van der Waals surface area contributed by atoms with Crippen LogP contribution in [0.5, 0.6) is 5.75 Å². The highest BCUT2D eigenvalue weighted by Gasteiger charge is 2.13. The summed E-state index contributed by atoms with van der Waals surface area (Å²) in [6, 6.07) is 5.06. The van der Waals surface area contributed by atoms with Gasteiger partial charge in [0.15, 0.2) is 5.78 Å². The third kappa shape index (κ3) is 3.35. The first-order valence-electron chi connectivity index (χ1n) is 5.94. The zero-order valence-corrected chi connectivity index (χ0v) is 11.6. The van der Waals surface area contributed by atoms with Crippen LogP contribution in [-0.2, 0) is 13.5 Å². The molecule has 1 aromatic heterocycles. The van der Waals surface area contributed by atoms with Gasteiger partial charge < -0.3 is 4.74 Å². The quantitative estimate of drug-likeness (QED) is 0.790. The zero-order valence-electron chi connectivity index (χ0n) is 10.9. The van der Waals surface area contributed by atoms with Crippen LogP contribution in [0.25, 0.3) is 0 Å². The molecule has 0 fully saturated rings. The summed E-state index contributed by atoms with van der Waals surface area (Å²) in [6.07, 6.45) is 4.73. The highest BCUT2D eigenvalue weighted by molar-refractivity contribution is 6.31. The number of ketones is 1. The van der Waals surface area contributed by atoms with Crippen LogP contribution in [0.2, 0.25) is 5.02 Å². The summed E-state index contributed by atoms with van der Waals surface area (Å²) in [7, 11) is 3.40. The Labute approximate surface area is 116 Å². The van der Waals surface area contributed by atoms with E-state index in [1.807, 2.05) is 13.2 Å². The van der Waals surface area contributed by atoms with Gasteiger partial charge in [-0.25, -0.2) is 0 Å². The van der Waals surface area contributed by atoms with Crippen molar-refractivity contribution in [2.45, 2.75) is 12.8 Å². The van der Waals surface area contributed by atoms with Gasteiger partial charge in [0.25, 0.3) is 0 Å². The van der Waals surface area contributed by atoms with Crippen LogP contribution in [-0.4, -0.2) is 22.7 Å². The lowest BCUT2D eigenvalue weighted by Gasteiger charge is -2.07. The molecule has 0 atom stereocenters. The first-order valence-corrected chi connectivity index (χ1v) is 6.32. The summed E-state index contributed by atoms with van der Waals surface area (Å²) in [5.74, 6) is 0.573. The normalized spacial score (nSPS) is 10.5. The molecule has 0 saturated heterocycles. The van der Waals surface area contributed by atoms with Crippen molar-refractivity contribution in [1.29, 1.82) is 0 Å². The first-order chi connectivity index (χ1) is 9.10. The van der Waals surface area contributed by atoms with E-state index in [-0.39, 0.29) is 5.78 Å². The smallest absolute Gasteiger partial charge is 0.166 e. The minimum Gasteiger partial charge on any atom is -0.496 e. The number of hydrogen-bond donors (Lipinski definition) is 0. The fraction of sp³-hybridized carbons (Fsp3) is 0.286. The molecule has 0 spiro atoms. The number of aryl methyl sites for hydroxylation is 2. The molecule has 2 rings (SSSR count). The highest BCUT2D eigenvalue weighted by atomic mass is 35.5. The molecule has 0 bridgehead atoms. The minimum absolute atomic E-state index is 0.0169. The lowest BCUT2D eigenvalue weighted by Crippen LogP contribution is -2.03. The number of aromatic nitrogens is 2. The van der Waals surface area contributed by atoms with Gasteiger partial charge in [-0.2, -0.15) is 5.10 Å². The van der Waals surface area contributed by atoms with Gasteiger partial charge in [-0.05, 0) is 30.2 Å². The van der Waals surface area contributed by atoms with E-state index in [1.54, 1.807) is 36.2 Å². The lowest BCUT2D eigenvalue weighted by molar-refractivity contribution is 0.0980. The summed E-state index contributed by atoms with van der Waals surface area (Å²) in [5, 5.41) is 4.61. The van der Waals surface area contributed by atoms with Gasteiger partial charge in [-0.15, -0.1) is 0 Å². The van der Waals surface area contributed by atoms with E-state index in [9.17, 15) is 4.79 Å². The molecule has 1 heterocycles. The van der Waals surface area contributed by atoms with E-state index >= 15 is 0 Å². The Hall–Kier alpha value is -1.81. The maximum Gasteiger partial charge on any atom is 0.166 e. The van der Waals surface area contributed by atoms with Crippen molar-refractivity contribution in [3.8, 4) is 5.75 Å². The van der Waals surface area contributed by atoms with E-state index in [4.69, 9.17) is 16.3 Å². The first kappa shape index (κ1) is 13.6. The molecule has 4 nitrogen and oxygen atoms in total. The number of hydrogen-bond acceptors (Lipinski definition) is 3. The number of methoxy groups -OCH3 is 1.